The number of nitriles is 1. The second kappa shape index (κ2) is 9.56. The van der Waals surface area contributed by atoms with E-state index < -0.39 is 35.6 Å². The predicted octanol–water partition coefficient (Wildman–Crippen LogP) is 3.74. The SMILES string of the molecule is CC(OC(=O)c1ccc(NC(=O)CC#N)cc1)C(=O)Nc1cccc(C(F)(F)F)c1. The van der Waals surface area contributed by atoms with Crippen molar-refractivity contribution in [2.24, 2.45) is 0 Å². The molecule has 0 fully saturated rings. The molecular formula is C20H16F3N3O4. The maximum atomic E-state index is 12.7. The number of halogens is 3. The molecule has 0 aromatic heterocycles. The molecule has 30 heavy (non-hydrogen) atoms. The minimum Gasteiger partial charge on any atom is -0.449 e. The molecule has 0 saturated carbocycles. The molecule has 0 aliphatic rings. The summed E-state index contributed by atoms with van der Waals surface area (Å²) in [7, 11) is 0. The number of carbonyl (C=O) groups is 3. The third kappa shape index (κ3) is 6.34. The average Bonchev–Trinajstić information content (AvgIpc) is 2.68. The van der Waals surface area contributed by atoms with Gasteiger partial charge < -0.3 is 15.4 Å². The van der Waals surface area contributed by atoms with Gasteiger partial charge in [-0.2, -0.15) is 18.4 Å². The summed E-state index contributed by atoms with van der Waals surface area (Å²) in [6, 6.07) is 11.3. The van der Waals surface area contributed by atoms with E-state index in [2.05, 4.69) is 10.6 Å². The Morgan fingerprint density at radius 1 is 1.07 bits per heavy atom. The molecule has 7 nitrogen and oxygen atoms in total. The number of ether oxygens (including phenoxy) is 1. The van der Waals surface area contributed by atoms with Gasteiger partial charge >= 0.3 is 12.1 Å². The van der Waals surface area contributed by atoms with Gasteiger partial charge in [0.05, 0.1) is 17.2 Å². The van der Waals surface area contributed by atoms with Gasteiger partial charge in [-0.3, -0.25) is 9.59 Å². The van der Waals surface area contributed by atoms with Crippen molar-refractivity contribution in [2.45, 2.75) is 25.6 Å². The molecular weight excluding hydrogens is 403 g/mol. The second-order valence-corrected chi connectivity index (χ2v) is 6.08. The van der Waals surface area contributed by atoms with Crippen LogP contribution in [0.5, 0.6) is 0 Å². The van der Waals surface area contributed by atoms with Crippen LogP contribution in [0.4, 0.5) is 24.5 Å². The number of nitrogens with zero attached hydrogens (tertiary/aromatic N) is 1. The van der Waals surface area contributed by atoms with Crippen LogP contribution in [0.3, 0.4) is 0 Å². The minimum atomic E-state index is -4.56. The van der Waals surface area contributed by atoms with Crippen LogP contribution in [-0.4, -0.2) is 23.9 Å². The molecule has 0 radical (unpaired) electrons. The molecule has 10 heteroatoms. The minimum absolute atomic E-state index is 0.0878. The van der Waals surface area contributed by atoms with Crippen molar-refractivity contribution < 1.29 is 32.3 Å². The van der Waals surface area contributed by atoms with Crippen molar-refractivity contribution in [2.75, 3.05) is 10.6 Å². The molecule has 156 valence electrons. The van der Waals surface area contributed by atoms with Crippen LogP contribution >= 0.6 is 0 Å². The standard InChI is InChI=1S/C20H16F3N3O4/c1-12(18(28)26-16-4-2-3-14(11-16)20(21,22)23)30-19(29)13-5-7-15(8-6-13)25-17(27)9-10-24/h2-8,11-12H,9H2,1H3,(H,25,27)(H,26,28). The lowest BCUT2D eigenvalue weighted by molar-refractivity contribution is -0.137. The molecule has 0 heterocycles. The summed E-state index contributed by atoms with van der Waals surface area (Å²) < 4.78 is 43.2. The van der Waals surface area contributed by atoms with Crippen molar-refractivity contribution in [1.29, 1.82) is 5.26 Å². The van der Waals surface area contributed by atoms with Crippen LogP contribution in [0.1, 0.15) is 29.3 Å². The highest BCUT2D eigenvalue weighted by molar-refractivity contribution is 5.98. The van der Waals surface area contributed by atoms with E-state index in [1.807, 2.05) is 0 Å². The number of hydrogen-bond acceptors (Lipinski definition) is 5. The number of hydrogen-bond donors (Lipinski definition) is 2. The van der Waals surface area contributed by atoms with Gasteiger partial charge in [-0.05, 0) is 49.4 Å². The summed E-state index contributed by atoms with van der Waals surface area (Å²) in [5.74, 6) is -2.15. The van der Waals surface area contributed by atoms with E-state index in [1.54, 1.807) is 6.07 Å². The lowest BCUT2D eigenvalue weighted by Gasteiger charge is -2.15. The Morgan fingerprint density at radius 2 is 1.73 bits per heavy atom. The lowest BCUT2D eigenvalue weighted by Crippen LogP contribution is -2.30. The van der Waals surface area contributed by atoms with Crippen LogP contribution in [-0.2, 0) is 20.5 Å². The average molecular weight is 419 g/mol. The van der Waals surface area contributed by atoms with Crippen molar-refractivity contribution >= 4 is 29.2 Å². The van der Waals surface area contributed by atoms with Gasteiger partial charge in [0.2, 0.25) is 5.91 Å². The summed E-state index contributed by atoms with van der Waals surface area (Å²) in [5.41, 5.74) is -0.559. The molecule has 0 bridgehead atoms. The lowest BCUT2D eigenvalue weighted by atomic mass is 10.2. The quantitative estimate of drug-likeness (QED) is 0.694. The molecule has 1 unspecified atom stereocenters. The number of rotatable bonds is 6. The van der Waals surface area contributed by atoms with Gasteiger partial charge in [0.15, 0.2) is 6.10 Å². The molecule has 0 aliphatic heterocycles. The summed E-state index contributed by atoms with van der Waals surface area (Å²) in [5, 5.41) is 13.2. The summed E-state index contributed by atoms with van der Waals surface area (Å²) in [6.45, 7) is 1.28. The van der Waals surface area contributed by atoms with E-state index in [9.17, 15) is 27.6 Å². The van der Waals surface area contributed by atoms with Gasteiger partial charge in [-0.1, -0.05) is 6.07 Å². The highest BCUT2D eigenvalue weighted by Crippen LogP contribution is 2.30. The third-order valence-electron chi connectivity index (χ3n) is 3.75. The van der Waals surface area contributed by atoms with E-state index in [0.29, 0.717) is 5.69 Å². The third-order valence-corrected chi connectivity index (χ3v) is 3.75. The number of nitrogens with one attached hydrogen (secondary N) is 2. The number of benzene rings is 2. The van der Waals surface area contributed by atoms with Gasteiger partial charge in [0.25, 0.3) is 5.91 Å². The Kier molecular flexibility index (Phi) is 7.14. The molecule has 2 N–H and O–H groups in total. The highest BCUT2D eigenvalue weighted by Gasteiger charge is 2.30. The fourth-order valence-electron chi connectivity index (χ4n) is 2.27. The largest absolute Gasteiger partial charge is 0.449 e. The first-order valence-corrected chi connectivity index (χ1v) is 8.56. The molecule has 2 aromatic rings. The highest BCUT2D eigenvalue weighted by atomic mass is 19.4. The maximum Gasteiger partial charge on any atom is 0.416 e. The van der Waals surface area contributed by atoms with Crippen LogP contribution in [0.2, 0.25) is 0 Å². The molecule has 2 aromatic carbocycles. The van der Waals surface area contributed by atoms with Crippen LogP contribution in [0.15, 0.2) is 48.5 Å². The summed E-state index contributed by atoms with van der Waals surface area (Å²) in [4.78, 5) is 35.6. The smallest absolute Gasteiger partial charge is 0.416 e. The normalized spacial score (nSPS) is 11.7. The van der Waals surface area contributed by atoms with Crippen LogP contribution in [0.25, 0.3) is 0 Å². The zero-order valence-corrected chi connectivity index (χ0v) is 15.6. The van der Waals surface area contributed by atoms with Crippen LogP contribution in [0, 0.1) is 11.3 Å². The number of esters is 1. The van der Waals surface area contributed by atoms with E-state index >= 15 is 0 Å². The van der Waals surface area contributed by atoms with E-state index in [0.717, 1.165) is 18.2 Å². The first-order valence-electron chi connectivity index (χ1n) is 8.56. The van der Waals surface area contributed by atoms with Gasteiger partial charge in [0.1, 0.15) is 6.42 Å². The first kappa shape index (κ1) is 22.4. The number of alkyl halides is 3. The van der Waals surface area contributed by atoms with Crippen molar-refractivity contribution in [3.05, 3.63) is 59.7 Å². The zero-order chi connectivity index (χ0) is 22.3. The van der Waals surface area contributed by atoms with Crippen molar-refractivity contribution in [3.8, 4) is 6.07 Å². The Morgan fingerprint density at radius 3 is 2.33 bits per heavy atom. The van der Waals surface area contributed by atoms with E-state index in [-0.39, 0.29) is 17.7 Å². The zero-order valence-electron chi connectivity index (χ0n) is 15.6. The Labute approximate surface area is 169 Å². The summed E-state index contributed by atoms with van der Waals surface area (Å²) >= 11 is 0. The van der Waals surface area contributed by atoms with Crippen molar-refractivity contribution in [1.82, 2.24) is 0 Å². The van der Waals surface area contributed by atoms with Crippen molar-refractivity contribution in [3.63, 3.8) is 0 Å². The molecule has 1 atom stereocenters. The first-order chi connectivity index (χ1) is 14.1. The molecule has 0 saturated heterocycles. The van der Waals surface area contributed by atoms with Gasteiger partial charge in [-0.15, -0.1) is 0 Å². The van der Waals surface area contributed by atoms with E-state index in [4.69, 9.17) is 10.00 Å². The van der Waals surface area contributed by atoms with Gasteiger partial charge in [-0.25, -0.2) is 4.79 Å². The molecule has 0 spiro atoms. The Balaban J connectivity index is 1.96. The predicted molar refractivity (Wildman–Crippen MR) is 100 cm³/mol. The Hall–Kier alpha value is -3.87. The van der Waals surface area contributed by atoms with E-state index in [1.165, 1.54) is 37.3 Å². The number of carbonyl (C=O) groups excluding carboxylic acids is 3. The van der Waals surface area contributed by atoms with Crippen LogP contribution < -0.4 is 10.6 Å². The monoisotopic (exact) mass is 419 g/mol. The number of amides is 2. The number of anilines is 2. The van der Waals surface area contributed by atoms with Gasteiger partial charge in [0, 0.05) is 11.4 Å². The molecule has 2 amide bonds. The topological polar surface area (TPSA) is 108 Å². The Bertz CT molecular complexity index is 982. The molecule has 2 rings (SSSR count). The second-order valence-electron chi connectivity index (χ2n) is 6.08. The fraction of sp³-hybridized carbons (Fsp3) is 0.200. The molecule has 0 aliphatic carbocycles. The fourth-order valence-corrected chi connectivity index (χ4v) is 2.27. The maximum absolute atomic E-state index is 12.7. The summed E-state index contributed by atoms with van der Waals surface area (Å²) in [6.07, 6.45) is -6.15.